The molecule has 1 aromatic heterocycles. The van der Waals surface area contributed by atoms with Gasteiger partial charge in [0.2, 0.25) is 0 Å². The summed E-state index contributed by atoms with van der Waals surface area (Å²) in [5, 5.41) is 9.18. The number of pyridine rings is 1. The highest BCUT2D eigenvalue weighted by Gasteiger charge is 2.24. The van der Waals surface area contributed by atoms with Gasteiger partial charge in [-0.3, -0.25) is 0 Å². The number of ether oxygens (including phenoxy) is 1. The number of nitrogens with zero attached hydrogens (tertiary/aromatic N) is 2. The fourth-order valence-electron chi connectivity index (χ4n) is 2.04. The Kier molecular flexibility index (Phi) is 4.04. The van der Waals surface area contributed by atoms with Crippen molar-refractivity contribution in [1.29, 1.82) is 0 Å². The third-order valence-corrected chi connectivity index (χ3v) is 3.33. The number of aromatic nitrogens is 1. The number of carboxylic acids is 1. The minimum atomic E-state index is -1.11. The molecule has 0 aliphatic carbocycles. The molecular weight excluding hydrogens is 256 g/mol. The van der Waals surface area contributed by atoms with Crippen LogP contribution in [0, 0.1) is 0 Å². The summed E-state index contributed by atoms with van der Waals surface area (Å²) >= 11 is 5.81. The topological polar surface area (TPSA) is 62.7 Å². The molecule has 2 rings (SSSR count). The average molecular weight is 271 g/mol. The van der Waals surface area contributed by atoms with Gasteiger partial charge in [-0.2, -0.15) is 0 Å². The highest BCUT2D eigenvalue weighted by Crippen LogP contribution is 2.23. The van der Waals surface area contributed by atoms with Crippen LogP contribution in [0.25, 0.3) is 0 Å². The van der Waals surface area contributed by atoms with E-state index in [4.69, 9.17) is 21.4 Å². The van der Waals surface area contributed by atoms with Crippen molar-refractivity contribution in [3.8, 4) is 0 Å². The molecule has 2 heterocycles. The molecule has 1 saturated heterocycles. The predicted octanol–water partition coefficient (Wildman–Crippen LogP) is 2.05. The second-order valence-corrected chi connectivity index (χ2v) is 4.54. The van der Waals surface area contributed by atoms with Crippen LogP contribution in [-0.4, -0.2) is 41.9 Å². The normalized spacial score (nSPS) is 19.9. The fraction of sp³-hybridized carbons (Fsp3) is 0.500. The first-order valence-corrected chi connectivity index (χ1v) is 6.25. The van der Waals surface area contributed by atoms with E-state index in [0.29, 0.717) is 25.6 Å². The molecule has 0 spiro atoms. The van der Waals surface area contributed by atoms with Crippen LogP contribution >= 0.6 is 11.6 Å². The van der Waals surface area contributed by atoms with E-state index in [1.807, 2.05) is 0 Å². The number of hydrogen-bond acceptors (Lipinski definition) is 4. The zero-order chi connectivity index (χ0) is 13.1. The van der Waals surface area contributed by atoms with Crippen LogP contribution in [0.15, 0.2) is 12.1 Å². The maximum Gasteiger partial charge on any atom is 0.356 e. The van der Waals surface area contributed by atoms with Crippen LogP contribution in [-0.2, 0) is 4.74 Å². The van der Waals surface area contributed by atoms with Crippen molar-refractivity contribution in [2.45, 2.75) is 19.4 Å². The summed E-state index contributed by atoms with van der Waals surface area (Å²) in [6.45, 7) is 4.05. The summed E-state index contributed by atoms with van der Waals surface area (Å²) in [6, 6.07) is 3.56. The summed E-state index contributed by atoms with van der Waals surface area (Å²) < 4.78 is 5.41. The molecule has 0 amide bonds. The molecule has 1 aliphatic rings. The zero-order valence-electron chi connectivity index (χ0n) is 10.1. The van der Waals surface area contributed by atoms with Crippen molar-refractivity contribution < 1.29 is 14.6 Å². The molecule has 6 heteroatoms. The molecule has 1 atom stereocenters. The maximum atomic E-state index is 11.0. The van der Waals surface area contributed by atoms with Crippen molar-refractivity contribution in [3.63, 3.8) is 0 Å². The van der Waals surface area contributed by atoms with Gasteiger partial charge >= 0.3 is 5.97 Å². The fourth-order valence-corrected chi connectivity index (χ4v) is 2.22. The SMILES string of the molecule is CCC1COCCN1c1ccc(Cl)c(C(=O)O)n1. The van der Waals surface area contributed by atoms with Gasteiger partial charge in [0.05, 0.1) is 24.3 Å². The zero-order valence-corrected chi connectivity index (χ0v) is 10.9. The standard InChI is InChI=1S/C12H15ClN2O3/c1-2-8-7-18-6-5-15(8)10-4-3-9(13)11(14-10)12(16)17/h3-4,8H,2,5-7H2,1H3,(H,16,17). The average Bonchev–Trinajstić information content (AvgIpc) is 2.39. The van der Waals surface area contributed by atoms with Gasteiger partial charge in [-0.25, -0.2) is 9.78 Å². The molecule has 1 aliphatic heterocycles. The van der Waals surface area contributed by atoms with Gasteiger partial charge in [0, 0.05) is 6.54 Å². The van der Waals surface area contributed by atoms with Crippen LogP contribution < -0.4 is 4.90 Å². The first-order chi connectivity index (χ1) is 8.63. The number of rotatable bonds is 3. The summed E-state index contributed by atoms with van der Waals surface area (Å²) in [5.41, 5.74) is -0.101. The minimum absolute atomic E-state index is 0.101. The van der Waals surface area contributed by atoms with E-state index in [9.17, 15) is 4.79 Å². The maximum absolute atomic E-state index is 11.0. The van der Waals surface area contributed by atoms with E-state index >= 15 is 0 Å². The third kappa shape index (κ3) is 2.57. The molecule has 0 saturated carbocycles. The molecule has 1 unspecified atom stereocenters. The van der Waals surface area contributed by atoms with Crippen LogP contribution in [0.1, 0.15) is 23.8 Å². The Labute approximate surface area is 110 Å². The molecule has 98 valence electrons. The van der Waals surface area contributed by atoms with Gasteiger partial charge in [-0.1, -0.05) is 18.5 Å². The predicted molar refractivity (Wildman–Crippen MR) is 68.5 cm³/mol. The molecule has 1 fully saturated rings. The summed E-state index contributed by atoms with van der Waals surface area (Å²) in [7, 11) is 0. The van der Waals surface area contributed by atoms with Crippen molar-refractivity contribution >= 4 is 23.4 Å². The highest BCUT2D eigenvalue weighted by molar-refractivity contribution is 6.33. The highest BCUT2D eigenvalue weighted by atomic mass is 35.5. The van der Waals surface area contributed by atoms with Crippen molar-refractivity contribution in [1.82, 2.24) is 4.98 Å². The second-order valence-electron chi connectivity index (χ2n) is 4.14. The number of aromatic carboxylic acids is 1. The number of morpholine rings is 1. The van der Waals surface area contributed by atoms with Gasteiger partial charge in [0.25, 0.3) is 0 Å². The summed E-state index contributed by atoms with van der Waals surface area (Å²) in [6.07, 6.45) is 0.923. The Hall–Kier alpha value is -1.33. The van der Waals surface area contributed by atoms with Crippen LogP contribution in [0.2, 0.25) is 5.02 Å². The molecule has 1 aromatic rings. The molecule has 0 radical (unpaired) electrons. The van der Waals surface area contributed by atoms with Crippen LogP contribution in [0.5, 0.6) is 0 Å². The van der Waals surface area contributed by atoms with Crippen molar-refractivity contribution in [2.24, 2.45) is 0 Å². The Morgan fingerprint density at radius 1 is 1.67 bits per heavy atom. The number of anilines is 1. The lowest BCUT2D eigenvalue weighted by Gasteiger charge is -2.36. The molecule has 5 nitrogen and oxygen atoms in total. The summed E-state index contributed by atoms with van der Waals surface area (Å²) in [4.78, 5) is 17.2. The number of hydrogen-bond donors (Lipinski definition) is 1. The van der Waals surface area contributed by atoms with E-state index in [1.165, 1.54) is 0 Å². The molecular formula is C12H15ClN2O3. The van der Waals surface area contributed by atoms with E-state index in [-0.39, 0.29) is 16.8 Å². The molecule has 18 heavy (non-hydrogen) atoms. The second kappa shape index (κ2) is 5.54. The number of carbonyl (C=O) groups is 1. The third-order valence-electron chi connectivity index (χ3n) is 3.03. The lowest BCUT2D eigenvalue weighted by atomic mass is 10.1. The van der Waals surface area contributed by atoms with E-state index in [2.05, 4.69) is 16.8 Å². The lowest BCUT2D eigenvalue weighted by molar-refractivity contribution is 0.0690. The number of carboxylic acid groups (broad SMARTS) is 1. The lowest BCUT2D eigenvalue weighted by Crippen LogP contribution is -2.45. The Bertz CT molecular complexity index is 453. The van der Waals surface area contributed by atoms with Gasteiger partial charge in [-0.15, -0.1) is 0 Å². The Morgan fingerprint density at radius 2 is 2.44 bits per heavy atom. The van der Waals surface area contributed by atoms with Crippen LogP contribution in [0.4, 0.5) is 5.82 Å². The van der Waals surface area contributed by atoms with Crippen molar-refractivity contribution in [2.75, 3.05) is 24.7 Å². The van der Waals surface area contributed by atoms with Gasteiger partial charge in [-0.05, 0) is 18.6 Å². The molecule has 1 N–H and O–H groups in total. The van der Waals surface area contributed by atoms with Crippen molar-refractivity contribution in [3.05, 3.63) is 22.8 Å². The Morgan fingerprint density at radius 3 is 3.11 bits per heavy atom. The smallest absolute Gasteiger partial charge is 0.356 e. The molecule has 0 bridgehead atoms. The quantitative estimate of drug-likeness (QED) is 0.911. The van der Waals surface area contributed by atoms with Crippen LogP contribution in [0.3, 0.4) is 0 Å². The monoisotopic (exact) mass is 270 g/mol. The van der Waals surface area contributed by atoms with E-state index < -0.39 is 5.97 Å². The number of halogens is 1. The Balaban J connectivity index is 2.32. The van der Waals surface area contributed by atoms with Gasteiger partial charge < -0.3 is 14.7 Å². The minimum Gasteiger partial charge on any atom is -0.476 e. The molecule has 0 aromatic carbocycles. The van der Waals surface area contributed by atoms with E-state index in [1.54, 1.807) is 12.1 Å². The van der Waals surface area contributed by atoms with E-state index in [0.717, 1.165) is 6.42 Å². The largest absolute Gasteiger partial charge is 0.476 e. The van der Waals surface area contributed by atoms with Gasteiger partial charge in [0.1, 0.15) is 5.82 Å². The summed E-state index contributed by atoms with van der Waals surface area (Å²) in [5.74, 6) is -0.463. The van der Waals surface area contributed by atoms with Gasteiger partial charge in [0.15, 0.2) is 5.69 Å². The first kappa shape index (κ1) is 13.1. The first-order valence-electron chi connectivity index (χ1n) is 5.87.